The van der Waals surface area contributed by atoms with Crippen molar-refractivity contribution in [3.05, 3.63) is 130 Å². The molecule has 12 nitrogen and oxygen atoms in total. The van der Waals surface area contributed by atoms with Crippen LogP contribution in [0, 0.1) is 0 Å². The SMILES string of the molecule is O=C1C=Cc2ccccc2C1=NNc1ccc(C=Cc2ccc(NN=C3C(=O)C=Cc4ccccc43)cc2S(=O)(=O)O)c(S(=O)(=O)O)c1.[Na]. The third kappa shape index (κ3) is 7.92. The number of carbonyl (C=O) groups excluding carboxylic acids is 2. The van der Waals surface area contributed by atoms with Gasteiger partial charge >= 0.3 is 0 Å². The number of ketones is 2. The van der Waals surface area contributed by atoms with Gasteiger partial charge in [0.25, 0.3) is 20.2 Å². The fraction of sp³-hybridized carbons (Fsp3) is 0. The fourth-order valence-electron chi connectivity index (χ4n) is 5.05. The van der Waals surface area contributed by atoms with E-state index in [1.807, 2.05) is 24.3 Å². The zero-order chi connectivity index (χ0) is 34.1. The Labute approximate surface area is 303 Å². The molecule has 2 aliphatic carbocycles. The molecule has 0 atom stereocenters. The molecule has 0 aliphatic heterocycles. The Hall–Kier alpha value is -4.80. The zero-order valence-corrected chi connectivity index (χ0v) is 29.2. The smallest absolute Gasteiger partial charge is 0.287 e. The van der Waals surface area contributed by atoms with Gasteiger partial charge in [-0.25, -0.2) is 0 Å². The van der Waals surface area contributed by atoms with Crippen molar-refractivity contribution in [1.29, 1.82) is 0 Å². The Bertz CT molecular complexity index is 2230. The minimum absolute atomic E-state index is 0. The molecule has 0 saturated carbocycles. The Morgan fingerprint density at radius 2 is 0.939 bits per heavy atom. The Morgan fingerprint density at radius 3 is 1.33 bits per heavy atom. The van der Waals surface area contributed by atoms with E-state index in [2.05, 4.69) is 21.1 Å². The van der Waals surface area contributed by atoms with Gasteiger partial charge in [0, 0.05) is 40.7 Å². The van der Waals surface area contributed by atoms with Crippen LogP contribution in [0.4, 0.5) is 11.4 Å². The predicted molar refractivity (Wildman–Crippen MR) is 188 cm³/mol. The Kier molecular flexibility index (Phi) is 10.4. The second-order valence-electron chi connectivity index (χ2n) is 10.5. The molecule has 241 valence electrons. The van der Waals surface area contributed by atoms with Crippen LogP contribution in [0.25, 0.3) is 24.3 Å². The van der Waals surface area contributed by atoms with Crippen molar-refractivity contribution in [3.8, 4) is 0 Å². The normalized spacial score (nSPS) is 15.6. The van der Waals surface area contributed by atoms with Gasteiger partial charge < -0.3 is 0 Å². The van der Waals surface area contributed by atoms with E-state index in [4.69, 9.17) is 0 Å². The first-order valence-corrected chi connectivity index (χ1v) is 17.0. The van der Waals surface area contributed by atoms with Gasteiger partial charge in [0.2, 0.25) is 11.6 Å². The van der Waals surface area contributed by atoms with Crippen LogP contribution in [0.5, 0.6) is 0 Å². The number of nitrogens with zero attached hydrogens (tertiary/aromatic N) is 2. The van der Waals surface area contributed by atoms with Crippen molar-refractivity contribution in [1.82, 2.24) is 0 Å². The molecular weight excluding hydrogens is 680 g/mol. The summed E-state index contributed by atoms with van der Waals surface area (Å²) >= 11 is 0. The van der Waals surface area contributed by atoms with E-state index in [9.17, 15) is 35.5 Å². The molecular formula is C34H24N4NaO8S2. The van der Waals surface area contributed by atoms with Crippen LogP contribution < -0.4 is 10.9 Å². The molecule has 0 bridgehead atoms. The van der Waals surface area contributed by atoms with Crippen molar-refractivity contribution >= 4 is 108 Å². The number of hydrogen-bond acceptors (Lipinski definition) is 10. The van der Waals surface area contributed by atoms with Gasteiger partial charge in [-0.05, 0) is 58.7 Å². The van der Waals surface area contributed by atoms with Gasteiger partial charge in [-0.2, -0.15) is 27.0 Å². The Morgan fingerprint density at radius 1 is 0.551 bits per heavy atom. The number of hydrogen-bond donors (Lipinski definition) is 4. The van der Waals surface area contributed by atoms with E-state index >= 15 is 0 Å². The van der Waals surface area contributed by atoms with E-state index in [0.717, 1.165) is 23.3 Å². The van der Waals surface area contributed by atoms with Gasteiger partial charge in [0.1, 0.15) is 21.2 Å². The predicted octanol–water partition coefficient (Wildman–Crippen LogP) is 4.79. The molecule has 4 aromatic rings. The second-order valence-corrected chi connectivity index (χ2v) is 13.3. The molecule has 0 aromatic heterocycles. The Balaban J connectivity index is 0.00000468. The molecule has 0 fully saturated rings. The molecule has 0 heterocycles. The standard InChI is InChI=1S/C34H24N4O8S2.Na/c39-29-17-13-21-5-1-3-7-27(21)33(29)37-35-25-15-11-23(31(19-25)47(41,42)43)9-10-24-12-16-26(20-32(24)48(44,45)46)36-38-34-28-8-4-2-6-22(28)14-18-30(34)40;/h1-20,35-36H,(H,41,42,43)(H,44,45,46);. The van der Waals surface area contributed by atoms with Crippen LogP contribution in [-0.2, 0) is 29.8 Å². The summed E-state index contributed by atoms with van der Waals surface area (Å²) in [5.41, 5.74) is 8.50. The zero-order valence-electron chi connectivity index (χ0n) is 25.6. The van der Waals surface area contributed by atoms with E-state index in [1.165, 1.54) is 48.6 Å². The summed E-state index contributed by atoms with van der Waals surface area (Å²) in [5.74, 6) is -0.715. The number of fused-ring (bicyclic) bond motifs is 2. The van der Waals surface area contributed by atoms with Crippen LogP contribution in [0.1, 0.15) is 33.4 Å². The fourth-order valence-corrected chi connectivity index (χ4v) is 6.47. The van der Waals surface area contributed by atoms with Crippen molar-refractivity contribution < 1.29 is 35.5 Å². The van der Waals surface area contributed by atoms with Crippen LogP contribution in [0.15, 0.2) is 117 Å². The summed E-state index contributed by atoms with van der Waals surface area (Å²) < 4.78 is 69.2. The number of allylic oxidation sites excluding steroid dienone is 2. The first-order chi connectivity index (χ1) is 22.9. The van der Waals surface area contributed by atoms with Gasteiger partial charge in [0.15, 0.2) is 0 Å². The second kappa shape index (κ2) is 14.4. The number of hydrazone groups is 2. The maximum Gasteiger partial charge on any atom is 0.295 e. The average molecular weight is 704 g/mol. The van der Waals surface area contributed by atoms with Crippen LogP contribution in [-0.4, -0.2) is 78.5 Å². The minimum Gasteiger partial charge on any atom is -0.287 e. The molecule has 0 spiro atoms. The quantitative estimate of drug-likeness (QED) is 0.0859. The summed E-state index contributed by atoms with van der Waals surface area (Å²) in [5, 5.41) is 8.34. The summed E-state index contributed by atoms with van der Waals surface area (Å²) in [4.78, 5) is 23.9. The molecule has 4 N–H and O–H groups in total. The largest absolute Gasteiger partial charge is 0.295 e. The number of carbonyl (C=O) groups is 2. The minimum atomic E-state index is -4.79. The molecule has 49 heavy (non-hydrogen) atoms. The number of nitrogens with one attached hydrogen (secondary N) is 2. The third-order valence-electron chi connectivity index (χ3n) is 7.35. The monoisotopic (exact) mass is 703 g/mol. The van der Waals surface area contributed by atoms with Crippen molar-refractivity contribution in [3.63, 3.8) is 0 Å². The molecule has 6 rings (SSSR count). The third-order valence-corrected chi connectivity index (χ3v) is 9.16. The summed E-state index contributed by atoms with van der Waals surface area (Å²) in [7, 11) is -9.59. The van der Waals surface area contributed by atoms with Crippen molar-refractivity contribution in [2.45, 2.75) is 9.79 Å². The van der Waals surface area contributed by atoms with Crippen molar-refractivity contribution in [2.24, 2.45) is 10.2 Å². The van der Waals surface area contributed by atoms with Crippen LogP contribution in [0.3, 0.4) is 0 Å². The van der Waals surface area contributed by atoms with Gasteiger partial charge in [-0.3, -0.25) is 29.5 Å². The van der Waals surface area contributed by atoms with Gasteiger partial charge in [-0.15, -0.1) is 0 Å². The van der Waals surface area contributed by atoms with E-state index < -0.39 is 30.0 Å². The molecule has 1 radical (unpaired) electrons. The van der Waals surface area contributed by atoms with Gasteiger partial charge in [0.05, 0.1) is 11.4 Å². The van der Waals surface area contributed by atoms with Gasteiger partial charge in [-0.1, -0.05) is 85.0 Å². The molecule has 15 heteroatoms. The van der Waals surface area contributed by atoms with Crippen molar-refractivity contribution in [2.75, 3.05) is 10.9 Å². The summed E-state index contributed by atoms with van der Waals surface area (Å²) in [6, 6.07) is 22.0. The summed E-state index contributed by atoms with van der Waals surface area (Å²) in [6.45, 7) is 0. The molecule has 4 aromatic carbocycles. The van der Waals surface area contributed by atoms with Crippen LogP contribution in [0.2, 0.25) is 0 Å². The molecule has 0 amide bonds. The molecule has 0 saturated heterocycles. The first kappa shape index (κ1) is 35.5. The van der Waals surface area contributed by atoms with E-state index in [-0.39, 0.29) is 75.0 Å². The molecule has 0 unspecified atom stereocenters. The number of anilines is 2. The van der Waals surface area contributed by atoms with Crippen LogP contribution >= 0.6 is 0 Å². The molecule has 2 aliphatic rings. The van der Waals surface area contributed by atoms with E-state index in [0.29, 0.717) is 11.1 Å². The maximum absolute atomic E-state index is 12.5. The summed E-state index contributed by atoms with van der Waals surface area (Å²) in [6.07, 6.45) is 8.54. The topological polar surface area (TPSA) is 192 Å². The van der Waals surface area contributed by atoms with E-state index in [1.54, 1.807) is 36.4 Å². The number of rotatable bonds is 8. The average Bonchev–Trinajstić information content (AvgIpc) is 3.06. The number of benzene rings is 4. The maximum atomic E-state index is 12.5. The first-order valence-electron chi connectivity index (χ1n) is 14.1.